The molecule has 2 radical (unpaired) electrons. The predicted molar refractivity (Wildman–Crippen MR) is 319 cm³/mol. The van der Waals surface area contributed by atoms with Crippen LogP contribution in [0.1, 0.15) is 198 Å². The molecule has 3 aromatic rings. The van der Waals surface area contributed by atoms with E-state index < -0.39 is 23.9 Å². The first kappa shape index (κ1) is 91.0. The maximum atomic E-state index is 10.4. The van der Waals surface area contributed by atoms with Crippen molar-refractivity contribution in [1.29, 1.82) is 0 Å². The molecule has 0 saturated carbocycles. The number of likely N-dealkylation sites (N-methyl/N-ethyl adjacent to an activating group) is 1. The molecule has 0 fully saturated rings. The summed E-state index contributed by atoms with van der Waals surface area (Å²) in [5.74, 6) is -3.02. The van der Waals surface area contributed by atoms with E-state index in [0.717, 1.165) is 157 Å². The van der Waals surface area contributed by atoms with Crippen molar-refractivity contribution >= 4 is 45.7 Å². The number of benzene rings is 1. The summed E-state index contributed by atoms with van der Waals surface area (Å²) in [7, 11) is 2.03. The third-order valence-corrected chi connectivity index (χ3v) is 12.4. The molecule has 0 aliphatic rings. The van der Waals surface area contributed by atoms with Crippen molar-refractivity contribution in [3.63, 3.8) is 0 Å². The number of hydrogen-bond acceptors (Lipinski definition) is 11. The quantitative estimate of drug-likeness (QED) is 0.0175. The van der Waals surface area contributed by atoms with Gasteiger partial charge in [0, 0.05) is 91.8 Å². The number of aliphatic hydroxyl groups excluding tert-OH is 3. The Morgan fingerprint density at radius 1 is 0.423 bits per heavy atom. The van der Waals surface area contributed by atoms with Gasteiger partial charge in [-0.3, -0.25) is 34.0 Å². The van der Waals surface area contributed by atoms with Crippen LogP contribution in [-0.2, 0) is 53.3 Å². The van der Waals surface area contributed by atoms with E-state index in [9.17, 15) is 19.2 Å². The maximum Gasteiger partial charge on any atom is 0.306 e. The molecule has 1 aromatic carbocycles. The van der Waals surface area contributed by atoms with E-state index in [2.05, 4.69) is 85.6 Å². The van der Waals surface area contributed by atoms with Gasteiger partial charge in [0.1, 0.15) is 0 Å². The van der Waals surface area contributed by atoms with Crippen molar-refractivity contribution < 1.29 is 89.1 Å². The van der Waals surface area contributed by atoms with E-state index in [1.54, 1.807) is 12.4 Å². The number of fused-ring (bicyclic) bond motifs is 3. The van der Waals surface area contributed by atoms with Crippen LogP contribution < -0.4 is 0 Å². The molecule has 0 amide bonds. The number of carbonyl (C=O) groups is 4. The van der Waals surface area contributed by atoms with E-state index in [1.807, 2.05) is 46.9 Å². The Kier molecular flexibility index (Phi) is 77.0. The molecule has 17 heteroatoms. The van der Waals surface area contributed by atoms with Crippen LogP contribution in [0, 0.1) is 38.5 Å². The van der Waals surface area contributed by atoms with Crippen LogP contribution in [0.5, 0.6) is 0 Å². The first-order valence-electron chi connectivity index (χ1n) is 28.2. The fraction of sp³-hybridized carbons (Fsp3) is 0.705. The third-order valence-electron chi connectivity index (χ3n) is 12.4. The van der Waals surface area contributed by atoms with Crippen molar-refractivity contribution in [3.05, 3.63) is 63.6 Å². The van der Waals surface area contributed by atoms with E-state index in [-0.39, 0.29) is 92.5 Å². The van der Waals surface area contributed by atoms with Gasteiger partial charge in [-0.1, -0.05) is 158 Å². The molecule has 78 heavy (non-hydrogen) atoms. The number of pyridine rings is 2. The van der Waals surface area contributed by atoms with Crippen LogP contribution in [0.3, 0.4) is 0 Å². The molecule has 3 rings (SSSR count). The topological polar surface area (TPSA) is 242 Å². The average molecular weight is 1190 g/mol. The number of aliphatic carboxylic acids is 4. The molecule has 0 saturated heterocycles. The zero-order valence-electron chi connectivity index (χ0n) is 51.0. The number of nitrogens with zero attached hydrogens (tertiary/aromatic N) is 4. The Bertz CT molecular complexity index is 1600. The van der Waals surface area contributed by atoms with Gasteiger partial charge < -0.3 is 40.6 Å². The third kappa shape index (κ3) is 51.9. The summed E-state index contributed by atoms with van der Waals surface area (Å²) in [4.78, 5) is 54.7. The number of aliphatic hydroxyl groups is 3. The Balaban J connectivity index is -0.000000122. The molecular weight excluding hydrogens is 1070 g/mol. The Morgan fingerprint density at radius 2 is 0.692 bits per heavy atom. The molecule has 0 aliphatic heterocycles. The second-order valence-corrected chi connectivity index (χ2v) is 18.6. The number of rotatable bonds is 32. The molecule has 7 N–H and O–H groups in total. The largest absolute Gasteiger partial charge is 0.481 e. The summed E-state index contributed by atoms with van der Waals surface area (Å²) in [6.07, 6.45) is 23.2. The van der Waals surface area contributed by atoms with Crippen LogP contribution in [0.4, 0.5) is 0 Å². The number of unbranched alkanes of at least 4 members (excludes halogenated alkanes) is 6. The minimum Gasteiger partial charge on any atom is -0.481 e. The monoisotopic (exact) mass is 1190 g/mol. The average Bonchev–Trinajstić information content (AvgIpc) is 3.39. The number of carboxylic acid groups (broad SMARTS) is 4. The van der Waals surface area contributed by atoms with Crippen LogP contribution in [0.25, 0.3) is 21.8 Å². The first-order valence-corrected chi connectivity index (χ1v) is 28.2. The summed E-state index contributed by atoms with van der Waals surface area (Å²) in [6, 6.07) is 12.1. The molecular formula is C61H114Mn2N4O11+2. The van der Waals surface area contributed by atoms with Gasteiger partial charge in [0.05, 0.1) is 54.5 Å². The molecule has 0 spiro atoms. The Hall–Kier alpha value is -3.50. The number of aromatic nitrogens is 2. The first-order chi connectivity index (χ1) is 35.5. The molecule has 4 atom stereocenters. The Labute approximate surface area is 496 Å². The second-order valence-electron chi connectivity index (χ2n) is 18.6. The van der Waals surface area contributed by atoms with Gasteiger partial charge in [-0.25, -0.2) is 0 Å². The summed E-state index contributed by atoms with van der Waals surface area (Å²) in [5, 5.41) is 62.4. The van der Waals surface area contributed by atoms with Crippen LogP contribution in [0.2, 0.25) is 0 Å². The standard InChI is InChI=1S/C12H8N2.C8H19NO2.4C8H16O2.C7H17NO.2CH3.2Mn/c1-3-9-5-6-10-4-2-8-14-12(10)11(9)13-7-1;1-2-3-4-9(5-7-10)6-8-11;4*1-3-5-6-7(4-2)8(9)10;1-3-4-5-8(2)6-7-9;;;;/h1-8H;10-11H,2-8H2,1H3;4*7H,3-6H2,1-2H3,(H,9,10);9H,3-7H2,1-2H3;2*1H3;;/q;;;;;;;2*+1;;. The summed E-state index contributed by atoms with van der Waals surface area (Å²) >= 11 is 0. The zero-order valence-corrected chi connectivity index (χ0v) is 53.4. The van der Waals surface area contributed by atoms with E-state index in [1.165, 1.54) is 12.8 Å². The van der Waals surface area contributed by atoms with Gasteiger partial charge in [0.25, 0.3) is 0 Å². The van der Waals surface area contributed by atoms with Crippen molar-refractivity contribution in [2.45, 2.75) is 198 Å². The fourth-order valence-electron chi connectivity index (χ4n) is 7.20. The van der Waals surface area contributed by atoms with Crippen LogP contribution in [0.15, 0.2) is 48.8 Å². The van der Waals surface area contributed by atoms with Gasteiger partial charge in [0.15, 0.2) is 0 Å². The summed E-state index contributed by atoms with van der Waals surface area (Å²) < 4.78 is 0. The molecule has 0 bridgehead atoms. The molecule has 15 nitrogen and oxygen atoms in total. The SMILES string of the molecule is CCCCC(CC)C(=O)O.CCCCC(CC)C(=O)O.CCCCC(CC)C(=O)O.CCCCC(CC)C(=O)O.CCCCN(C)CCO.CCCCN(CCO)CCO.[CH3+].[CH3+].[Mn].[Mn].c1cnc2c(c1)ccc1cccnc12. The van der Waals surface area contributed by atoms with Gasteiger partial charge in [-0.05, 0) is 96.5 Å². The van der Waals surface area contributed by atoms with Crippen LogP contribution >= 0.6 is 0 Å². The zero-order chi connectivity index (χ0) is 57.0. The van der Waals surface area contributed by atoms with E-state index in [4.69, 9.17) is 35.7 Å². The van der Waals surface area contributed by atoms with Crippen molar-refractivity contribution in [1.82, 2.24) is 19.8 Å². The molecule has 2 heterocycles. The van der Waals surface area contributed by atoms with Gasteiger partial charge >= 0.3 is 23.9 Å². The smallest absolute Gasteiger partial charge is 0.306 e. The predicted octanol–water partition coefficient (Wildman–Crippen LogP) is 13.6. The van der Waals surface area contributed by atoms with E-state index >= 15 is 0 Å². The fourth-order valence-corrected chi connectivity index (χ4v) is 7.20. The van der Waals surface area contributed by atoms with E-state index in [0.29, 0.717) is 13.1 Å². The summed E-state index contributed by atoms with van der Waals surface area (Å²) in [5.41, 5.74) is 1.95. The second kappa shape index (κ2) is 66.0. The minimum atomic E-state index is -0.643. The molecule has 0 aliphatic carbocycles. The van der Waals surface area contributed by atoms with Crippen molar-refractivity contribution in [2.24, 2.45) is 23.7 Å². The minimum absolute atomic E-state index is 0. The maximum absolute atomic E-state index is 10.4. The van der Waals surface area contributed by atoms with Crippen LogP contribution in [-0.4, -0.2) is 139 Å². The van der Waals surface area contributed by atoms with Crippen molar-refractivity contribution in [3.8, 4) is 0 Å². The van der Waals surface area contributed by atoms with Gasteiger partial charge in [0.2, 0.25) is 0 Å². The Morgan fingerprint density at radius 3 is 0.923 bits per heavy atom. The molecule has 456 valence electrons. The normalized spacial score (nSPS) is 11.4. The number of carboxylic acids is 4. The number of hydrogen-bond donors (Lipinski definition) is 7. The van der Waals surface area contributed by atoms with Gasteiger partial charge in [-0.15, -0.1) is 0 Å². The molecule has 2 aromatic heterocycles. The van der Waals surface area contributed by atoms with Crippen molar-refractivity contribution in [2.75, 3.05) is 59.6 Å². The van der Waals surface area contributed by atoms with Gasteiger partial charge in [-0.2, -0.15) is 0 Å². The summed E-state index contributed by atoms with van der Waals surface area (Å²) in [6.45, 7) is 25.2. The molecule has 4 unspecified atom stereocenters.